The van der Waals surface area contributed by atoms with Crippen molar-refractivity contribution in [1.29, 1.82) is 0 Å². The fourth-order valence-electron chi connectivity index (χ4n) is 4.06. The van der Waals surface area contributed by atoms with Gasteiger partial charge in [-0.2, -0.15) is 13.2 Å². The van der Waals surface area contributed by atoms with E-state index in [0.29, 0.717) is 49.2 Å². The van der Waals surface area contributed by atoms with E-state index in [1.807, 2.05) is 4.90 Å². The normalized spacial score (nSPS) is 13.9. The highest BCUT2D eigenvalue weighted by Gasteiger charge is 2.31. The van der Waals surface area contributed by atoms with Crippen LogP contribution in [0.2, 0.25) is 0 Å². The van der Waals surface area contributed by atoms with Crippen LogP contribution in [-0.4, -0.2) is 48.0 Å². The number of amides is 1. The summed E-state index contributed by atoms with van der Waals surface area (Å²) in [7, 11) is 0. The first kappa shape index (κ1) is 25.3. The lowest BCUT2D eigenvalue weighted by atomic mass is 10.0. The summed E-state index contributed by atoms with van der Waals surface area (Å²) in [6, 6.07) is 11.9. The third-order valence-electron chi connectivity index (χ3n) is 6.05. The molecule has 0 aliphatic carbocycles. The average molecular weight is 524 g/mol. The van der Waals surface area contributed by atoms with Crippen molar-refractivity contribution >= 4 is 34.2 Å². The van der Waals surface area contributed by atoms with E-state index in [4.69, 9.17) is 4.74 Å². The molecule has 5 rings (SSSR count). The second-order valence-corrected chi connectivity index (χ2v) is 8.59. The molecule has 0 atom stereocenters. The zero-order valence-corrected chi connectivity index (χ0v) is 19.8. The van der Waals surface area contributed by atoms with E-state index in [2.05, 4.69) is 15.3 Å². The number of carbonyl (C=O) groups is 2. The Balaban J connectivity index is 1.40. The third-order valence-corrected chi connectivity index (χ3v) is 6.05. The Bertz CT molecular complexity index is 1530. The number of hydrogen-bond acceptors (Lipinski definition) is 6. The molecule has 194 valence electrons. The van der Waals surface area contributed by atoms with E-state index in [0.717, 1.165) is 24.3 Å². The molecule has 0 spiro atoms. The molecule has 7 nitrogen and oxygen atoms in total. The topological polar surface area (TPSA) is 84.4 Å². The van der Waals surface area contributed by atoms with Crippen LogP contribution in [-0.2, 0) is 10.9 Å². The second-order valence-electron chi connectivity index (χ2n) is 8.59. The summed E-state index contributed by atoms with van der Waals surface area (Å²) in [5.74, 6) is -1.67. The van der Waals surface area contributed by atoms with Crippen molar-refractivity contribution < 1.29 is 31.9 Å². The number of ether oxygens (including phenoxy) is 1. The van der Waals surface area contributed by atoms with Gasteiger partial charge in [-0.05, 0) is 54.6 Å². The molecule has 1 N–H and O–H groups in total. The highest BCUT2D eigenvalue weighted by atomic mass is 19.4. The van der Waals surface area contributed by atoms with Crippen LogP contribution in [0.15, 0.2) is 66.9 Å². The molecule has 1 aromatic heterocycles. The minimum absolute atomic E-state index is 0.0485. The van der Waals surface area contributed by atoms with E-state index in [1.165, 1.54) is 24.3 Å². The average Bonchev–Trinajstić information content (AvgIpc) is 2.93. The van der Waals surface area contributed by atoms with Crippen molar-refractivity contribution in [3.8, 4) is 0 Å². The van der Waals surface area contributed by atoms with Crippen LogP contribution in [0, 0.1) is 5.82 Å². The number of rotatable bonds is 5. The van der Waals surface area contributed by atoms with Crippen LogP contribution in [0.3, 0.4) is 0 Å². The number of morpholine rings is 1. The molecule has 3 aromatic carbocycles. The summed E-state index contributed by atoms with van der Waals surface area (Å²) < 4.78 is 59.0. The Morgan fingerprint density at radius 1 is 0.921 bits per heavy atom. The Hall–Kier alpha value is -4.38. The SMILES string of the molecule is O=C(Nc1ccc(F)c(C(=O)c2ccc3ncc(N4CCOCC4)nc3c2)c1)c1cccc(C(F)(F)F)c1. The van der Waals surface area contributed by atoms with E-state index >= 15 is 0 Å². The lowest BCUT2D eigenvalue weighted by Crippen LogP contribution is -2.36. The number of aromatic nitrogens is 2. The molecule has 11 heteroatoms. The van der Waals surface area contributed by atoms with Crippen molar-refractivity contribution in [2.24, 2.45) is 0 Å². The van der Waals surface area contributed by atoms with Gasteiger partial charge in [0.15, 0.2) is 5.78 Å². The summed E-state index contributed by atoms with van der Waals surface area (Å²) in [4.78, 5) is 36.8. The molecule has 0 unspecified atom stereocenters. The van der Waals surface area contributed by atoms with Gasteiger partial charge in [0.25, 0.3) is 5.91 Å². The van der Waals surface area contributed by atoms with Crippen molar-refractivity contribution in [1.82, 2.24) is 9.97 Å². The van der Waals surface area contributed by atoms with Gasteiger partial charge in [0, 0.05) is 29.9 Å². The molecule has 0 radical (unpaired) electrons. The number of halogens is 4. The Morgan fingerprint density at radius 3 is 2.47 bits per heavy atom. The third kappa shape index (κ3) is 5.32. The zero-order chi connectivity index (χ0) is 26.9. The van der Waals surface area contributed by atoms with Gasteiger partial charge in [-0.25, -0.2) is 9.37 Å². The summed E-state index contributed by atoms with van der Waals surface area (Å²) >= 11 is 0. The maximum atomic E-state index is 14.7. The van der Waals surface area contributed by atoms with Gasteiger partial charge >= 0.3 is 6.18 Å². The summed E-state index contributed by atoms with van der Waals surface area (Å²) in [5.41, 5.74) is -0.310. The predicted octanol–water partition coefficient (Wildman–Crippen LogP) is 5.11. The Labute approximate surface area is 214 Å². The summed E-state index contributed by atoms with van der Waals surface area (Å²) in [6.07, 6.45) is -2.97. The number of hydrogen-bond donors (Lipinski definition) is 1. The van der Waals surface area contributed by atoms with Gasteiger partial charge < -0.3 is 15.0 Å². The van der Waals surface area contributed by atoms with Crippen LogP contribution in [0.5, 0.6) is 0 Å². The van der Waals surface area contributed by atoms with Crippen molar-refractivity contribution in [3.63, 3.8) is 0 Å². The minimum Gasteiger partial charge on any atom is -0.378 e. The first-order chi connectivity index (χ1) is 18.2. The number of fused-ring (bicyclic) bond motifs is 1. The van der Waals surface area contributed by atoms with Gasteiger partial charge in [0.2, 0.25) is 0 Å². The Kier molecular flexibility index (Phi) is 6.77. The van der Waals surface area contributed by atoms with Gasteiger partial charge in [0.05, 0.1) is 41.6 Å². The van der Waals surface area contributed by atoms with E-state index in [-0.39, 0.29) is 22.4 Å². The van der Waals surface area contributed by atoms with Crippen molar-refractivity contribution in [3.05, 3.63) is 94.9 Å². The molecule has 2 heterocycles. The number of ketones is 1. The standard InChI is InChI=1S/C27H20F4N4O3/c28-21-6-5-19(33-26(37)17-2-1-3-18(12-17)27(29,30)31)14-20(21)25(36)16-4-7-22-23(13-16)34-24(15-32-22)35-8-10-38-11-9-35/h1-7,12-15H,8-11H2,(H,33,37). The second kappa shape index (κ2) is 10.2. The monoisotopic (exact) mass is 524 g/mol. The predicted molar refractivity (Wildman–Crippen MR) is 132 cm³/mol. The number of anilines is 2. The molecular formula is C27H20F4N4O3. The number of nitrogens with zero attached hydrogens (tertiary/aromatic N) is 3. The zero-order valence-electron chi connectivity index (χ0n) is 19.8. The number of benzene rings is 3. The first-order valence-electron chi connectivity index (χ1n) is 11.6. The largest absolute Gasteiger partial charge is 0.416 e. The van der Waals surface area contributed by atoms with E-state index in [1.54, 1.807) is 12.3 Å². The highest BCUT2D eigenvalue weighted by Crippen LogP contribution is 2.30. The van der Waals surface area contributed by atoms with Crippen LogP contribution < -0.4 is 10.2 Å². The van der Waals surface area contributed by atoms with Gasteiger partial charge in [-0.15, -0.1) is 0 Å². The fourth-order valence-corrected chi connectivity index (χ4v) is 4.06. The van der Waals surface area contributed by atoms with E-state index < -0.39 is 29.2 Å². The number of nitrogens with one attached hydrogen (secondary N) is 1. The summed E-state index contributed by atoms with van der Waals surface area (Å²) in [5, 5.41) is 2.42. The molecular weight excluding hydrogens is 504 g/mol. The van der Waals surface area contributed by atoms with Gasteiger partial charge in [-0.1, -0.05) is 6.07 Å². The molecule has 1 saturated heterocycles. The quantitative estimate of drug-likeness (QED) is 0.289. The molecule has 1 aliphatic heterocycles. The van der Waals surface area contributed by atoms with E-state index in [9.17, 15) is 27.2 Å². The molecule has 4 aromatic rings. The minimum atomic E-state index is -4.61. The molecule has 38 heavy (non-hydrogen) atoms. The summed E-state index contributed by atoms with van der Waals surface area (Å²) in [6.45, 7) is 2.45. The maximum Gasteiger partial charge on any atom is 0.416 e. The van der Waals surface area contributed by atoms with Crippen molar-refractivity contribution in [2.75, 3.05) is 36.5 Å². The molecule has 1 amide bonds. The lowest BCUT2D eigenvalue weighted by Gasteiger charge is -2.27. The van der Waals surface area contributed by atoms with Crippen LogP contribution in [0.4, 0.5) is 29.1 Å². The van der Waals surface area contributed by atoms with Crippen LogP contribution >= 0.6 is 0 Å². The molecule has 1 aliphatic rings. The molecule has 1 fully saturated rings. The highest BCUT2D eigenvalue weighted by molar-refractivity contribution is 6.11. The number of alkyl halides is 3. The Morgan fingerprint density at radius 2 is 1.71 bits per heavy atom. The maximum absolute atomic E-state index is 14.7. The number of carbonyl (C=O) groups excluding carboxylic acids is 2. The molecule has 0 bridgehead atoms. The first-order valence-corrected chi connectivity index (χ1v) is 11.6. The smallest absolute Gasteiger partial charge is 0.378 e. The van der Waals surface area contributed by atoms with Crippen LogP contribution in [0.25, 0.3) is 11.0 Å². The van der Waals surface area contributed by atoms with Crippen molar-refractivity contribution in [2.45, 2.75) is 6.18 Å². The fraction of sp³-hybridized carbons (Fsp3) is 0.185. The molecule has 0 saturated carbocycles. The van der Waals surface area contributed by atoms with Gasteiger partial charge in [0.1, 0.15) is 11.6 Å². The lowest BCUT2D eigenvalue weighted by molar-refractivity contribution is -0.137. The van der Waals surface area contributed by atoms with Gasteiger partial charge in [-0.3, -0.25) is 14.6 Å². The van der Waals surface area contributed by atoms with Crippen LogP contribution in [0.1, 0.15) is 31.8 Å².